The Balaban J connectivity index is 1.86. The van der Waals surface area contributed by atoms with Gasteiger partial charge in [-0.25, -0.2) is 4.98 Å². The molecule has 0 saturated carbocycles. The maximum Gasteiger partial charge on any atom is 0.239 e. The summed E-state index contributed by atoms with van der Waals surface area (Å²) in [5, 5.41) is 4.96. The lowest BCUT2D eigenvalue weighted by molar-refractivity contribution is -0.125. The van der Waals surface area contributed by atoms with Gasteiger partial charge in [0.25, 0.3) is 0 Å². The highest BCUT2D eigenvalue weighted by atomic mass is 16.4. The standard InChI is InChI=1S/C16H19N3O3/c1-11-3-5-12(6-4-11)13-9-19-16(22-13)8-7-14(20)18-10-15(21)17-2/h3-6,9H,7-8,10H2,1-2H3,(H,17,21)(H,18,20). The maximum absolute atomic E-state index is 11.6. The van der Waals surface area contributed by atoms with Crippen LogP contribution < -0.4 is 10.6 Å². The number of aryl methyl sites for hydroxylation is 2. The van der Waals surface area contributed by atoms with E-state index in [9.17, 15) is 9.59 Å². The second-order valence-corrected chi connectivity index (χ2v) is 4.93. The minimum absolute atomic E-state index is 0.0183. The fraction of sp³-hybridized carbons (Fsp3) is 0.312. The first kappa shape index (κ1) is 15.8. The summed E-state index contributed by atoms with van der Waals surface area (Å²) >= 11 is 0. The second-order valence-electron chi connectivity index (χ2n) is 4.93. The van der Waals surface area contributed by atoms with E-state index in [1.807, 2.05) is 31.2 Å². The van der Waals surface area contributed by atoms with Crippen LogP contribution in [0.3, 0.4) is 0 Å². The fourth-order valence-electron chi connectivity index (χ4n) is 1.85. The SMILES string of the molecule is CNC(=O)CNC(=O)CCc1ncc(-c2ccc(C)cc2)o1. The molecule has 1 heterocycles. The Morgan fingerprint density at radius 1 is 1.18 bits per heavy atom. The Morgan fingerprint density at radius 2 is 1.91 bits per heavy atom. The van der Waals surface area contributed by atoms with Gasteiger partial charge in [-0.05, 0) is 6.92 Å². The first-order valence-electron chi connectivity index (χ1n) is 7.07. The van der Waals surface area contributed by atoms with Crippen molar-refractivity contribution in [2.45, 2.75) is 19.8 Å². The van der Waals surface area contributed by atoms with Crippen LogP contribution in [0.1, 0.15) is 17.9 Å². The average molecular weight is 301 g/mol. The summed E-state index contributed by atoms with van der Waals surface area (Å²) in [5.74, 6) is 0.747. The number of nitrogens with one attached hydrogen (secondary N) is 2. The molecule has 0 aliphatic carbocycles. The van der Waals surface area contributed by atoms with Crippen molar-refractivity contribution in [3.8, 4) is 11.3 Å². The molecule has 22 heavy (non-hydrogen) atoms. The van der Waals surface area contributed by atoms with E-state index in [0.29, 0.717) is 18.1 Å². The zero-order valence-electron chi connectivity index (χ0n) is 12.7. The molecule has 0 saturated heterocycles. The van der Waals surface area contributed by atoms with Crippen molar-refractivity contribution in [2.75, 3.05) is 13.6 Å². The van der Waals surface area contributed by atoms with Gasteiger partial charge in [-0.3, -0.25) is 9.59 Å². The number of carbonyl (C=O) groups excluding carboxylic acids is 2. The third kappa shape index (κ3) is 4.44. The molecule has 0 fully saturated rings. The van der Waals surface area contributed by atoms with Crippen molar-refractivity contribution in [2.24, 2.45) is 0 Å². The van der Waals surface area contributed by atoms with Gasteiger partial charge < -0.3 is 15.1 Å². The van der Waals surface area contributed by atoms with Crippen molar-refractivity contribution in [1.82, 2.24) is 15.6 Å². The predicted molar refractivity (Wildman–Crippen MR) is 82.1 cm³/mol. The number of nitrogens with zero attached hydrogens (tertiary/aromatic N) is 1. The van der Waals surface area contributed by atoms with E-state index in [1.54, 1.807) is 6.20 Å². The van der Waals surface area contributed by atoms with Crippen LogP contribution in [0.4, 0.5) is 0 Å². The van der Waals surface area contributed by atoms with E-state index < -0.39 is 0 Å². The van der Waals surface area contributed by atoms with Crippen molar-refractivity contribution < 1.29 is 14.0 Å². The van der Waals surface area contributed by atoms with Crippen LogP contribution >= 0.6 is 0 Å². The molecule has 0 aliphatic heterocycles. The van der Waals surface area contributed by atoms with E-state index in [4.69, 9.17) is 4.42 Å². The molecular weight excluding hydrogens is 282 g/mol. The Morgan fingerprint density at radius 3 is 2.59 bits per heavy atom. The molecule has 2 amide bonds. The molecule has 6 heteroatoms. The second kappa shape index (κ2) is 7.40. The minimum atomic E-state index is -0.230. The summed E-state index contributed by atoms with van der Waals surface area (Å²) in [5.41, 5.74) is 2.13. The zero-order valence-corrected chi connectivity index (χ0v) is 12.7. The molecule has 2 aromatic rings. The number of hydrogen-bond donors (Lipinski definition) is 2. The van der Waals surface area contributed by atoms with Gasteiger partial charge in [0, 0.05) is 25.5 Å². The van der Waals surface area contributed by atoms with Crippen LogP contribution in [0.5, 0.6) is 0 Å². The summed E-state index contributed by atoms with van der Waals surface area (Å²) in [6.07, 6.45) is 2.28. The number of hydrogen-bond acceptors (Lipinski definition) is 4. The molecule has 0 atom stereocenters. The number of oxazole rings is 1. The van der Waals surface area contributed by atoms with Crippen molar-refractivity contribution in [3.63, 3.8) is 0 Å². The van der Waals surface area contributed by atoms with E-state index in [1.165, 1.54) is 12.6 Å². The molecule has 0 unspecified atom stereocenters. The summed E-state index contributed by atoms with van der Waals surface area (Å²) in [4.78, 5) is 26.8. The normalized spacial score (nSPS) is 10.3. The summed E-state index contributed by atoms with van der Waals surface area (Å²) in [6.45, 7) is 2.00. The molecule has 0 aliphatic rings. The molecule has 1 aromatic heterocycles. The van der Waals surface area contributed by atoms with Gasteiger partial charge in [0.15, 0.2) is 11.7 Å². The van der Waals surface area contributed by atoms with Crippen LogP contribution in [-0.2, 0) is 16.0 Å². The number of likely N-dealkylation sites (N-methyl/N-ethyl adjacent to an activating group) is 1. The van der Waals surface area contributed by atoms with Crippen molar-refractivity contribution in [3.05, 3.63) is 41.9 Å². The van der Waals surface area contributed by atoms with Gasteiger partial charge >= 0.3 is 0 Å². The van der Waals surface area contributed by atoms with Crippen molar-refractivity contribution in [1.29, 1.82) is 0 Å². The number of aromatic nitrogens is 1. The van der Waals surface area contributed by atoms with E-state index in [0.717, 1.165) is 5.56 Å². The van der Waals surface area contributed by atoms with E-state index in [-0.39, 0.29) is 24.8 Å². The Labute approximate surface area is 128 Å². The van der Waals surface area contributed by atoms with Gasteiger partial charge in [-0.15, -0.1) is 0 Å². The van der Waals surface area contributed by atoms with Crippen LogP contribution in [0, 0.1) is 6.92 Å². The molecule has 1 aromatic carbocycles. The highest BCUT2D eigenvalue weighted by Crippen LogP contribution is 2.21. The fourth-order valence-corrected chi connectivity index (χ4v) is 1.85. The molecule has 0 bridgehead atoms. The van der Waals surface area contributed by atoms with Crippen LogP contribution in [0.25, 0.3) is 11.3 Å². The topological polar surface area (TPSA) is 84.2 Å². The van der Waals surface area contributed by atoms with Crippen LogP contribution in [0.2, 0.25) is 0 Å². The largest absolute Gasteiger partial charge is 0.441 e. The summed E-state index contributed by atoms with van der Waals surface area (Å²) in [6, 6.07) is 7.94. The van der Waals surface area contributed by atoms with Crippen LogP contribution in [-0.4, -0.2) is 30.4 Å². The first-order chi connectivity index (χ1) is 10.6. The monoisotopic (exact) mass is 301 g/mol. The highest BCUT2D eigenvalue weighted by molar-refractivity contribution is 5.84. The van der Waals surface area contributed by atoms with Gasteiger partial charge in [0.2, 0.25) is 11.8 Å². The summed E-state index contributed by atoms with van der Waals surface area (Å²) < 4.78 is 5.64. The smallest absolute Gasteiger partial charge is 0.239 e. The van der Waals surface area contributed by atoms with E-state index >= 15 is 0 Å². The Hall–Kier alpha value is -2.63. The quantitative estimate of drug-likeness (QED) is 0.845. The maximum atomic E-state index is 11.6. The van der Waals surface area contributed by atoms with E-state index in [2.05, 4.69) is 15.6 Å². The Bertz CT molecular complexity index is 647. The van der Waals surface area contributed by atoms with Gasteiger partial charge in [0.05, 0.1) is 12.7 Å². The van der Waals surface area contributed by atoms with Crippen LogP contribution in [0.15, 0.2) is 34.9 Å². The number of rotatable bonds is 6. The summed E-state index contributed by atoms with van der Waals surface area (Å²) in [7, 11) is 1.52. The molecular formula is C16H19N3O3. The molecule has 6 nitrogen and oxygen atoms in total. The third-order valence-corrected chi connectivity index (χ3v) is 3.18. The third-order valence-electron chi connectivity index (χ3n) is 3.18. The minimum Gasteiger partial charge on any atom is -0.441 e. The number of carbonyl (C=O) groups is 2. The lowest BCUT2D eigenvalue weighted by Gasteiger charge is -2.02. The van der Waals surface area contributed by atoms with Gasteiger partial charge in [-0.2, -0.15) is 0 Å². The van der Waals surface area contributed by atoms with Crippen molar-refractivity contribution >= 4 is 11.8 Å². The average Bonchev–Trinajstić information content (AvgIpc) is 3.00. The number of benzene rings is 1. The first-order valence-corrected chi connectivity index (χ1v) is 7.07. The predicted octanol–water partition coefficient (Wildman–Crippen LogP) is 1.44. The lowest BCUT2D eigenvalue weighted by atomic mass is 10.1. The Kier molecular flexibility index (Phi) is 5.30. The molecule has 2 N–H and O–H groups in total. The molecule has 2 rings (SSSR count). The zero-order chi connectivity index (χ0) is 15.9. The lowest BCUT2D eigenvalue weighted by Crippen LogP contribution is -2.35. The highest BCUT2D eigenvalue weighted by Gasteiger charge is 2.09. The molecule has 116 valence electrons. The molecule has 0 spiro atoms. The number of amides is 2. The van der Waals surface area contributed by atoms with Gasteiger partial charge in [0.1, 0.15) is 0 Å². The van der Waals surface area contributed by atoms with Gasteiger partial charge in [-0.1, -0.05) is 29.8 Å². The molecule has 0 radical (unpaired) electrons.